The van der Waals surface area contributed by atoms with Crippen molar-refractivity contribution in [1.29, 1.82) is 0 Å². The quantitative estimate of drug-likeness (QED) is 0.0252. The molecule has 0 aromatic rings. The molecule has 10 saturated heterocycles. The summed E-state index contributed by atoms with van der Waals surface area (Å²) in [7, 11) is -18.4. The number of carboxylic acid groups (broad SMARTS) is 1. The van der Waals surface area contributed by atoms with E-state index < -0.39 is 453 Å². The second-order valence-corrected chi connectivity index (χ2v) is 37.6. The van der Waals surface area contributed by atoms with Gasteiger partial charge in [-0.1, -0.05) is 0 Å². The van der Waals surface area contributed by atoms with Crippen molar-refractivity contribution in [2.24, 2.45) is 5.73 Å². The molecule has 67 nitrogen and oxygen atoms in total. The summed E-state index contributed by atoms with van der Waals surface area (Å²) in [6, 6.07) is -2.01. The molecule has 0 spiro atoms. The summed E-state index contributed by atoms with van der Waals surface area (Å²) in [5.74, 6) is -6.29. The number of ether oxygens (including phenoxy) is 19. The summed E-state index contributed by atoms with van der Waals surface area (Å²) in [6.45, 7) is -16.9. The number of aliphatic hydroxyl groups is 33. The second kappa shape index (κ2) is 51.0. The summed E-state index contributed by atoms with van der Waals surface area (Å²) in [5.41, 5.74) is 5.32. The van der Waals surface area contributed by atoms with Crippen molar-refractivity contribution < 1.29 is 320 Å². The van der Waals surface area contributed by atoms with E-state index in [-0.39, 0.29) is 0 Å². The first-order chi connectivity index (χ1) is 65.3. The molecule has 70 heteroatoms. The first-order valence-corrected chi connectivity index (χ1v) is 47.2. The highest BCUT2D eigenvalue weighted by atomic mass is 31.3. The van der Waals surface area contributed by atoms with Gasteiger partial charge < -0.3 is 294 Å². The van der Waals surface area contributed by atoms with Crippen molar-refractivity contribution >= 4 is 29.4 Å². The predicted octanol–water partition coefficient (Wildman–Crippen LogP) is -25.0. The zero-order chi connectivity index (χ0) is 103. The minimum atomic E-state index is -6.45. The van der Waals surface area contributed by atoms with E-state index in [2.05, 4.69) is 14.2 Å². The van der Waals surface area contributed by atoms with Gasteiger partial charge >= 0.3 is 29.4 Å². The molecule has 814 valence electrons. The van der Waals surface area contributed by atoms with Gasteiger partial charge in [0.05, 0.1) is 85.3 Å². The third-order valence-corrected chi connectivity index (χ3v) is 27.3. The van der Waals surface area contributed by atoms with Crippen LogP contribution in [0, 0.1) is 0 Å². The molecule has 0 saturated carbocycles. The first kappa shape index (κ1) is 119. The summed E-state index contributed by atoms with van der Waals surface area (Å²) in [5, 5.41) is 384. The molecular weight excluding hydrogens is 1990 g/mol. The van der Waals surface area contributed by atoms with Gasteiger partial charge in [-0.05, 0) is 0 Å². The fraction of sp³-hybridized carbons (Fsp3) is 0.986. The molecule has 0 amide bonds. The van der Waals surface area contributed by atoms with Crippen LogP contribution in [-0.4, -0.2) is 616 Å². The molecular formula is C69H123N2O65P3. The second-order valence-electron chi connectivity index (χ2n) is 33.4. The van der Waals surface area contributed by atoms with E-state index in [0.29, 0.717) is 0 Å². The van der Waals surface area contributed by atoms with Crippen LogP contribution in [0.25, 0.3) is 0 Å². The summed E-state index contributed by atoms with van der Waals surface area (Å²) in [6.07, 6.45) is -132. The minimum Gasteiger partial charge on any atom is -0.477 e. The topological polar surface area (TPSA) is 1090 Å². The van der Waals surface area contributed by atoms with Gasteiger partial charge in [-0.2, -0.15) is 4.31 Å². The maximum atomic E-state index is 13.9. The van der Waals surface area contributed by atoms with Crippen LogP contribution in [0.4, 0.5) is 0 Å². The Hall–Kier alpha value is -2.32. The van der Waals surface area contributed by atoms with Crippen LogP contribution in [0.5, 0.6) is 0 Å². The Morgan fingerprint density at radius 3 is 1.06 bits per heavy atom. The van der Waals surface area contributed by atoms with Gasteiger partial charge in [-0.3, -0.25) is 13.6 Å². The molecule has 10 rings (SSSR count). The van der Waals surface area contributed by atoms with Crippen molar-refractivity contribution in [2.75, 3.05) is 92.4 Å². The third kappa shape index (κ3) is 27.2. The normalized spacial score (nSPS) is 47.3. The van der Waals surface area contributed by atoms with Crippen molar-refractivity contribution in [3.63, 3.8) is 0 Å². The Morgan fingerprint density at radius 2 is 0.676 bits per heavy atom. The van der Waals surface area contributed by atoms with Gasteiger partial charge in [-0.25, -0.2) is 18.5 Å². The minimum absolute atomic E-state index is 0.584. The molecule has 0 radical (unpaired) electrons. The van der Waals surface area contributed by atoms with Crippen molar-refractivity contribution in [3.8, 4) is 0 Å². The lowest BCUT2D eigenvalue weighted by Crippen LogP contribution is -2.72. The smallest absolute Gasteiger partial charge is 0.477 e. The van der Waals surface area contributed by atoms with Crippen LogP contribution >= 0.6 is 23.5 Å². The number of aliphatic carboxylic acids is 1. The average Bonchev–Trinajstić information content (AvgIpc) is 0.744. The molecule has 0 aromatic carbocycles. The molecule has 0 aliphatic carbocycles. The number of phosphoric acid groups is 3. The van der Waals surface area contributed by atoms with E-state index in [0.717, 1.165) is 0 Å². The largest absolute Gasteiger partial charge is 0.481 e. The Morgan fingerprint density at radius 1 is 0.345 bits per heavy atom. The van der Waals surface area contributed by atoms with Gasteiger partial charge in [0.2, 0.25) is 0 Å². The molecule has 55 atom stereocenters. The predicted molar refractivity (Wildman–Crippen MR) is 417 cm³/mol. The zero-order valence-electron chi connectivity index (χ0n) is 72.1. The average molecular weight is 2110 g/mol. The van der Waals surface area contributed by atoms with Crippen LogP contribution < -0.4 is 11.1 Å². The van der Waals surface area contributed by atoms with Crippen LogP contribution in [0.2, 0.25) is 0 Å². The molecule has 0 aromatic heterocycles. The molecule has 0 bridgehead atoms. The lowest BCUT2D eigenvalue weighted by Gasteiger charge is -2.54. The molecule has 41 N–H and O–H groups in total. The van der Waals surface area contributed by atoms with Gasteiger partial charge in [-0.15, -0.1) is 0 Å². The van der Waals surface area contributed by atoms with E-state index >= 15 is 0 Å². The number of hydrogen-bond acceptors (Lipinski definition) is 62. The molecule has 139 heavy (non-hydrogen) atoms. The monoisotopic (exact) mass is 2110 g/mol. The van der Waals surface area contributed by atoms with E-state index in [1.807, 2.05) is 0 Å². The lowest BCUT2D eigenvalue weighted by atomic mass is 9.90. The highest BCUT2D eigenvalue weighted by Gasteiger charge is 2.66. The Labute approximate surface area is 781 Å². The van der Waals surface area contributed by atoms with Crippen molar-refractivity contribution in [3.05, 3.63) is 0 Å². The number of aliphatic hydroxyl groups excluding tert-OH is 32. The number of rotatable bonds is 45. The van der Waals surface area contributed by atoms with E-state index in [4.69, 9.17) is 105 Å². The van der Waals surface area contributed by atoms with Gasteiger partial charge in [0, 0.05) is 19.5 Å². The fourth-order valence-electron chi connectivity index (χ4n) is 16.8. The number of hydrogen-bond donors (Lipinski definition) is 40. The summed E-state index contributed by atoms with van der Waals surface area (Å²) < 4.78 is 171. The van der Waals surface area contributed by atoms with Gasteiger partial charge in [0.25, 0.3) is 5.79 Å². The number of phosphoric ester groups is 3. The van der Waals surface area contributed by atoms with Crippen molar-refractivity contribution in [1.82, 2.24) is 5.32 Å². The van der Waals surface area contributed by atoms with Crippen LogP contribution in [0.3, 0.4) is 0 Å². The van der Waals surface area contributed by atoms with Crippen LogP contribution in [0.1, 0.15) is 6.42 Å². The van der Waals surface area contributed by atoms with Crippen LogP contribution in [0.15, 0.2) is 0 Å². The van der Waals surface area contributed by atoms with Crippen molar-refractivity contribution in [2.45, 2.75) is 331 Å². The number of nitrogens with one attached hydrogen (secondary N) is 1. The fourth-order valence-corrected chi connectivity index (χ4v) is 19.6. The third-order valence-electron chi connectivity index (χ3n) is 24.0. The van der Waals surface area contributed by atoms with E-state index in [1.165, 1.54) is 0 Å². The zero-order valence-corrected chi connectivity index (χ0v) is 74.7. The molecule has 10 heterocycles. The molecule has 10 aliphatic rings. The van der Waals surface area contributed by atoms with Crippen LogP contribution in [-0.2, 0) is 126 Å². The Kier molecular flexibility index (Phi) is 43.5. The molecule has 2 unspecified atom stereocenters. The molecule has 10 fully saturated rings. The first-order valence-electron chi connectivity index (χ1n) is 42.6. The maximum Gasteiger partial charge on any atom is 0.481 e. The van der Waals surface area contributed by atoms with E-state index in [9.17, 15) is 212 Å². The highest BCUT2D eigenvalue weighted by molar-refractivity contribution is 7.61. The van der Waals surface area contributed by atoms with Gasteiger partial charge in [0.1, 0.15) is 256 Å². The Balaban J connectivity index is 1.10. The standard InChI is InChI=1S/C69H123N2O65P3/c70-1-4-114-138(110,111)136-139(112,113)134-20-5-69(106,68(104)105)133-48(19(85)9-76)52(20)127-65-44(103)54(57(47(122-65)18(84)8-75)131-61-38(97)32(91)29(88)23(12-79)117-61)129-67-58(132-66-56(130-60-37(96)31(90)28(87)22(11-78)116-60)43(102)55(135-137(107,108)109)46(123-66)17(83)7-74)53(42(101)45(121-67)16(6-73)71-2-3-72)128-64-41(100)35(94)51(26(15-82)120-64)126-63-40(99)34(93)50(25(14-81)119-63)125-62-39(98)33(92)49(24(13-80)118-62)124-59-36(95)30(89)27(86)21(10-77)115-59/h16-67,71-103,106H,1-15,70H2,(H,104,105)(H,110,111)(H,112,113)(H2,107,108,109)/t16-,17-,18-,19+,20+,21+,22+,23+,24+,25+,26+,27-,28-,29+,30-,31-,32-,33+,34+,35+,36+,37+,38+,39+,40+,41+,42+,43-,44-,45+,46+,47+,48+,49-,50+,51+,52+,53-,54+,55-,56-,57+,58-,59+,60-,61-,62-,63-,64+,65+,66+,67+,69+/m0/s1. The number of nitrogens with two attached hydrogens (primary N) is 1. The maximum absolute atomic E-state index is 13.9. The van der Waals surface area contributed by atoms with Gasteiger partial charge in [0.15, 0.2) is 56.6 Å². The molecule has 10 aliphatic heterocycles. The lowest BCUT2D eigenvalue weighted by molar-refractivity contribution is -0.427. The highest BCUT2D eigenvalue weighted by Crippen LogP contribution is 2.62. The summed E-state index contributed by atoms with van der Waals surface area (Å²) in [4.78, 5) is 55.0. The summed E-state index contributed by atoms with van der Waals surface area (Å²) >= 11 is 0. The van der Waals surface area contributed by atoms with E-state index in [1.54, 1.807) is 0 Å². The number of carbonyl (C=O) groups is 1. The Bertz CT molecular complexity index is 3870. The SMILES string of the molecule is NCCOP(=O)(O)OP(=O)(O)O[C@@H]1C[C@](O)(C(=O)O)O[C@H]([C@H](O)CO)[C@@H]1O[C@H]1O[C@H]([C@@H](O)CO)[C@@H](O[C@@H]2O[C@H](CO)[C@@H](O)[C@H](O)[C@H]2O)[C@H](O[C@H]2O[C@H]([C@H](CO)NCCO)[C@@H](O)[C@H](O[C@H]3O[C@H](CO)[C@@H](O[C@@H]4O[C@H](CO)[C@@H](O[C@@H]5O[C@H](CO)[C@H](O[C@H]6O[C@H](CO)[C@H](O)[C@H](O)[C@H]6O)[C@H](O)[C@H]5O)[C@H](O)[C@H]4O)[C@H](O)[C@H]3O)[C@@H]2O[C@H]2O[C@H]([C@@H](O)CO)[C@@H](OP(=O)(O)O)[C@H](O)[C@@H]2O[C@@H]2O[C@H](CO)[C@H](O)[C@H](O)[C@H]2O)[C@@H]1O. The number of carboxylic acids is 1.